The van der Waals surface area contributed by atoms with E-state index in [9.17, 15) is 0 Å². The second-order valence-corrected chi connectivity index (χ2v) is 13.6. The topological polar surface area (TPSA) is 9.23 Å². The van der Waals surface area contributed by atoms with Crippen molar-refractivity contribution in [2.75, 3.05) is 0 Å². The van der Waals surface area contributed by atoms with Gasteiger partial charge in [0.15, 0.2) is 16.6 Å². The third-order valence-electron chi connectivity index (χ3n) is 0.612. The summed E-state index contributed by atoms with van der Waals surface area (Å²) in [6.45, 7) is 13.4. The molecule has 64 valence electrons. The van der Waals surface area contributed by atoms with Crippen LogP contribution in [0, 0.1) is 37.7 Å². The normalized spacial score (nSPS) is 12.6. The van der Waals surface area contributed by atoms with Crippen molar-refractivity contribution in [3.05, 3.63) is 0 Å². The van der Waals surface area contributed by atoms with E-state index in [1.165, 1.54) is 0 Å². The molecule has 0 atom stereocenters. The van der Waals surface area contributed by atoms with Crippen LogP contribution in [0.5, 0.6) is 0 Å². The molecule has 0 N–H and O–H groups in total. The Kier molecular flexibility index (Phi) is 6.56. The summed E-state index contributed by atoms with van der Waals surface area (Å²) in [7, 11) is -2.46. The molecule has 0 bridgehead atoms. The summed E-state index contributed by atoms with van der Waals surface area (Å²) in [5.74, 6) is 0. The fourth-order valence-corrected chi connectivity index (χ4v) is 8.27. The summed E-state index contributed by atoms with van der Waals surface area (Å²) in [5.41, 5.74) is 0. The van der Waals surface area contributed by atoms with Crippen LogP contribution in [0.3, 0.4) is 0 Å². The van der Waals surface area contributed by atoms with E-state index in [1.807, 2.05) is 0 Å². The van der Waals surface area contributed by atoms with E-state index in [4.69, 9.17) is 4.12 Å². The molecule has 0 aromatic heterocycles. The summed E-state index contributed by atoms with van der Waals surface area (Å²) in [4.78, 5) is 0. The van der Waals surface area contributed by atoms with E-state index >= 15 is 0 Å². The van der Waals surface area contributed by atoms with Crippen molar-refractivity contribution in [2.24, 2.45) is 0 Å². The largest absolute Gasteiger partial charge is 0.456 e. The molecular formula is C6H18ArOSi2. The summed E-state index contributed by atoms with van der Waals surface area (Å²) in [6, 6.07) is 0. The quantitative estimate of drug-likeness (QED) is 0.626. The van der Waals surface area contributed by atoms with Gasteiger partial charge in [-0.15, -0.1) is 0 Å². The third-order valence-corrected chi connectivity index (χ3v) is 5.51. The van der Waals surface area contributed by atoms with Crippen LogP contribution in [-0.2, 0) is 4.12 Å². The Hall–Kier alpha value is 1.65. The summed E-state index contributed by atoms with van der Waals surface area (Å²) < 4.78 is 5.90. The predicted octanol–water partition coefficient (Wildman–Crippen LogP) is 2.67. The zero-order valence-electron chi connectivity index (χ0n) is 7.76. The first-order chi connectivity index (χ1) is 3.71. The first-order valence-corrected chi connectivity index (χ1v) is 10.2. The molecule has 0 rings (SSSR count). The summed E-state index contributed by atoms with van der Waals surface area (Å²) in [5, 5.41) is 0. The van der Waals surface area contributed by atoms with Crippen molar-refractivity contribution in [1.82, 2.24) is 0 Å². The maximum Gasteiger partial charge on any atom is 0.170 e. The minimum absolute atomic E-state index is 0. The van der Waals surface area contributed by atoms with Crippen molar-refractivity contribution < 1.29 is 41.9 Å². The van der Waals surface area contributed by atoms with Gasteiger partial charge in [0.25, 0.3) is 0 Å². The molecule has 0 saturated carbocycles. The van der Waals surface area contributed by atoms with Crippen molar-refractivity contribution in [3.8, 4) is 0 Å². The molecule has 0 aliphatic carbocycles. The molecule has 0 saturated heterocycles. The molecule has 0 radical (unpaired) electrons. The zero-order chi connectivity index (χ0) is 7.71. The van der Waals surface area contributed by atoms with E-state index < -0.39 is 16.6 Å². The van der Waals surface area contributed by atoms with Gasteiger partial charge in [-0.05, 0) is 39.3 Å². The van der Waals surface area contributed by atoms with Gasteiger partial charge in [0.1, 0.15) is 0 Å². The Morgan fingerprint density at radius 2 is 0.900 bits per heavy atom. The average molecular weight is 202 g/mol. The monoisotopic (exact) mass is 202 g/mol. The van der Waals surface area contributed by atoms with Crippen LogP contribution in [0.4, 0.5) is 0 Å². The van der Waals surface area contributed by atoms with E-state index in [-0.39, 0.29) is 37.7 Å². The maximum absolute atomic E-state index is 5.90. The summed E-state index contributed by atoms with van der Waals surface area (Å²) >= 11 is 0. The van der Waals surface area contributed by atoms with Gasteiger partial charge in [0, 0.05) is 37.7 Å². The van der Waals surface area contributed by atoms with Gasteiger partial charge in [-0.3, -0.25) is 0 Å². The Morgan fingerprint density at radius 1 is 0.700 bits per heavy atom. The van der Waals surface area contributed by atoms with Gasteiger partial charge >= 0.3 is 0 Å². The number of hydrogen-bond acceptors (Lipinski definition) is 1. The molecule has 0 aromatic carbocycles. The Labute approximate surface area is 96.8 Å². The third kappa shape index (κ3) is 12.3. The second-order valence-electron chi connectivity index (χ2n) is 4.33. The SMILES string of the molecule is C[Si](C)(C)O[Si](C)(C)C.[Ar]. The van der Waals surface area contributed by atoms with Gasteiger partial charge in [0.05, 0.1) is 0 Å². The molecule has 10 heavy (non-hydrogen) atoms. The van der Waals surface area contributed by atoms with E-state index in [0.29, 0.717) is 0 Å². The van der Waals surface area contributed by atoms with Gasteiger partial charge in [-0.1, -0.05) is 0 Å². The van der Waals surface area contributed by atoms with Crippen molar-refractivity contribution in [1.29, 1.82) is 0 Å². The standard InChI is InChI=1S/C6H18OSi2.Ar/c1-8(2,3)7-9(4,5)6;/h1-6H3;. The molecular weight excluding hydrogens is 184 g/mol. The van der Waals surface area contributed by atoms with Crippen LogP contribution in [0.15, 0.2) is 0 Å². The Balaban J connectivity index is 0. The van der Waals surface area contributed by atoms with Gasteiger partial charge in [-0.2, -0.15) is 0 Å². The molecule has 0 aliphatic rings. The molecule has 0 fully saturated rings. The summed E-state index contributed by atoms with van der Waals surface area (Å²) in [6.07, 6.45) is 0. The smallest absolute Gasteiger partial charge is 0.170 e. The van der Waals surface area contributed by atoms with Crippen molar-refractivity contribution >= 4 is 16.6 Å². The fraction of sp³-hybridized carbons (Fsp3) is 1.00. The first-order valence-electron chi connectivity index (χ1n) is 3.41. The molecule has 0 amide bonds. The fourth-order valence-electron chi connectivity index (χ4n) is 0.919. The molecule has 0 spiro atoms. The Morgan fingerprint density at radius 3 is 0.900 bits per heavy atom. The predicted molar refractivity (Wildman–Crippen MR) is 47.8 cm³/mol. The van der Waals surface area contributed by atoms with Gasteiger partial charge < -0.3 is 4.12 Å². The molecule has 0 unspecified atom stereocenters. The van der Waals surface area contributed by atoms with Crippen LogP contribution in [0.1, 0.15) is 0 Å². The molecule has 0 heterocycles. The first kappa shape index (κ1) is 14.2. The number of hydrogen-bond donors (Lipinski definition) is 0. The van der Waals surface area contributed by atoms with Gasteiger partial charge in [-0.25, -0.2) is 0 Å². The van der Waals surface area contributed by atoms with Crippen LogP contribution in [-0.4, -0.2) is 16.6 Å². The van der Waals surface area contributed by atoms with Gasteiger partial charge in [0.2, 0.25) is 0 Å². The minimum Gasteiger partial charge on any atom is -0.456 e. The van der Waals surface area contributed by atoms with Crippen LogP contribution in [0.25, 0.3) is 0 Å². The molecule has 4 heteroatoms. The Bertz CT molecular complexity index is 80.9. The number of rotatable bonds is 2. The van der Waals surface area contributed by atoms with E-state index in [1.54, 1.807) is 0 Å². The van der Waals surface area contributed by atoms with Crippen LogP contribution >= 0.6 is 0 Å². The van der Waals surface area contributed by atoms with E-state index in [2.05, 4.69) is 39.3 Å². The molecule has 0 aromatic rings. The average Bonchev–Trinajstić information content (AvgIpc) is 1.14. The second kappa shape index (κ2) is 4.62. The van der Waals surface area contributed by atoms with Crippen LogP contribution < -0.4 is 0 Å². The van der Waals surface area contributed by atoms with Crippen molar-refractivity contribution in [2.45, 2.75) is 39.3 Å². The van der Waals surface area contributed by atoms with E-state index in [0.717, 1.165) is 0 Å². The van der Waals surface area contributed by atoms with Crippen molar-refractivity contribution in [3.63, 3.8) is 0 Å². The molecule has 0 aliphatic heterocycles. The maximum atomic E-state index is 5.90. The zero-order valence-corrected chi connectivity index (χ0v) is 10.5. The minimum atomic E-state index is -1.23. The molecule has 1 nitrogen and oxygen atoms in total. The van der Waals surface area contributed by atoms with Crippen LogP contribution in [0.2, 0.25) is 39.3 Å².